The average Bonchev–Trinajstić information content (AvgIpc) is 3.19. The molecule has 1 aliphatic heterocycles. The number of carbonyl (C=O) groups is 1. The van der Waals surface area contributed by atoms with E-state index in [1.54, 1.807) is 6.07 Å². The number of amides is 1. The summed E-state index contributed by atoms with van der Waals surface area (Å²) >= 11 is 0. The highest BCUT2D eigenvalue weighted by molar-refractivity contribution is 5.93. The minimum atomic E-state index is -0.0499. The van der Waals surface area contributed by atoms with Crippen molar-refractivity contribution in [1.82, 2.24) is 20.0 Å². The summed E-state index contributed by atoms with van der Waals surface area (Å²) in [7, 11) is 1.98. The number of hydrogen-bond acceptors (Lipinski definition) is 4. The Hall–Kier alpha value is -2.08. The van der Waals surface area contributed by atoms with Crippen LogP contribution in [0, 0.1) is 5.92 Å². The van der Waals surface area contributed by atoms with Gasteiger partial charge in [0.05, 0.1) is 17.5 Å². The number of likely N-dealkylation sites (tertiary alicyclic amines) is 1. The van der Waals surface area contributed by atoms with Gasteiger partial charge in [0.15, 0.2) is 0 Å². The van der Waals surface area contributed by atoms with Crippen LogP contribution in [-0.4, -0.2) is 40.2 Å². The van der Waals surface area contributed by atoms with Gasteiger partial charge in [-0.15, -0.1) is 0 Å². The van der Waals surface area contributed by atoms with Crippen molar-refractivity contribution >= 4 is 5.91 Å². The average molecular weight is 302 g/mol. The Balaban J connectivity index is 1.40. The summed E-state index contributed by atoms with van der Waals surface area (Å²) < 4.78 is 6.85. The van der Waals surface area contributed by atoms with E-state index in [4.69, 9.17) is 4.42 Å². The van der Waals surface area contributed by atoms with E-state index in [1.165, 1.54) is 18.2 Å². The van der Waals surface area contributed by atoms with E-state index in [1.807, 2.05) is 17.9 Å². The van der Waals surface area contributed by atoms with Crippen LogP contribution >= 0.6 is 0 Å². The summed E-state index contributed by atoms with van der Waals surface area (Å²) in [6.07, 6.45) is 7.07. The van der Waals surface area contributed by atoms with Crippen LogP contribution in [0.25, 0.3) is 0 Å². The molecule has 0 unspecified atom stereocenters. The Labute approximate surface area is 130 Å². The Bertz CT molecular complexity index is 597. The van der Waals surface area contributed by atoms with Gasteiger partial charge in [-0.2, -0.15) is 5.10 Å². The molecule has 0 spiro atoms. The first-order valence-corrected chi connectivity index (χ1v) is 7.72. The fraction of sp³-hybridized carbons (Fsp3) is 0.500. The van der Waals surface area contributed by atoms with Gasteiger partial charge in [0.25, 0.3) is 5.91 Å². The lowest BCUT2D eigenvalue weighted by Gasteiger charge is -2.31. The molecular weight excluding hydrogens is 280 g/mol. The van der Waals surface area contributed by atoms with Crippen LogP contribution in [-0.2, 0) is 13.6 Å². The molecule has 1 aliphatic rings. The molecule has 0 atom stereocenters. The molecule has 0 bridgehead atoms. The predicted molar refractivity (Wildman–Crippen MR) is 82.3 cm³/mol. The van der Waals surface area contributed by atoms with Gasteiger partial charge in [-0.25, -0.2) is 0 Å². The number of aromatic nitrogens is 2. The summed E-state index contributed by atoms with van der Waals surface area (Å²) in [6, 6.07) is 3.75. The molecule has 1 saturated heterocycles. The standard InChI is InChI=1S/C16H22N4O2/c1-19-15(2-6-18-19)11-20-7-3-13(4-8-20)10-17-16(21)14-5-9-22-12-14/h2,5-6,9,12-13H,3-4,7-8,10-11H2,1H3,(H,17,21). The lowest BCUT2D eigenvalue weighted by atomic mass is 9.96. The third-order valence-electron chi connectivity index (χ3n) is 4.35. The van der Waals surface area contributed by atoms with Crippen LogP contribution in [0.3, 0.4) is 0 Å². The minimum Gasteiger partial charge on any atom is -0.472 e. The summed E-state index contributed by atoms with van der Waals surface area (Å²) in [5.41, 5.74) is 1.83. The van der Waals surface area contributed by atoms with Gasteiger partial charge in [0.2, 0.25) is 0 Å². The number of furan rings is 1. The van der Waals surface area contributed by atoms with Crippen LogP contribution in [0.15, 0.2) is 35.3 Å². The van der Waals surface area contributed by atoms with Gasteiger partial charge in [-0.1, -0.05) is 0 Å². The van der Waals surface area contributed by atoms with E-state index in [-0.39, 0.29) is 5.91 Å². The van der Waals surface area contributed by atoms with Crippen molar-refractivity contribution in [2.45, 2.75) is 19.4 Å². The SMILES string of the molecule is Cn1nccc1CN1CCC(CNC(=O)c2ccoc2)CC1. The molecule has 6 nitrogen and oxygen atoms in total. The topological polar surface area (TPSA) is 63.3 Å². The Morgan fingerprint density at radius 2 is 2.23 bits per heavy atom. The van der Waals surface area contributed by atoms with Gasteiger partial charge in [0.1, 0.15) is 6.26 Å². The van der Waals surface area contributed by atoms with Crippen molar-refractivity contribution in [2.24, 2.45) is 13.0 Å². The zero-order chi connectivity index (χ0) is 15.4. The third kappa shape index (κ3) is 3.57. The molecule has 2 aromatic rings. The Morgan fingerprint density at radius 3 is 2.86 bits per heavy atom. The number of hydrogen-bond donors (Lipinski definition) is 1. The maximum absolute atomic E-state index is 11.9. The van der Waals surface area contributed by atoms with Crippen LogP contribution < -0.4 is 5.32 Å². The largest absolute Gasteiger partial charge is 0.472 e. The van der Waals surface area contributed by atoms with E-state index < -0.39 is 0 Å². The van der Waals surface area contributed by atoms with Crippen molar-refractivity contribution in [3.05, 3.63) is 42.1 Å². The zero-order valence-electron chi connectivity index (χ0n) is 12.9. The smallest absolute Gasteiger partial charge is 0.254 e. The molecule has 1 amide bonds. The van der Waals surface area contributed by atoms with E-state index in [2.05, 4.69) is 21.4 Å². The van der Waals surface area contributed by atoms with Gasteiger partial charge in [-0.3, -0.25) is 14.4 Å². The van der Waals surface area contributed by atoms with Crippen LogP contribution in [0.2, 0.25) is 0 Å². The summed E-state index contributed by atoms with van der Waals surface area (Å²) in [5.74, 6) is 0.504. The van der Waals surface area contributed by atoms with Gasteiger partial charge < -0.3 is 9.73 Å². The number of rotatable bonds is 5. The molecule has 2 aromatic heterocycles. The van der Waals surface area contributed by atoms with Crippen molar-refractivity contribution < 1.29 is 9.21 Å². The first-order valence-electron chi connectivity index (χ1n) is 7.72. The van der Waals surface area contributed by atoms with Gasteiger partial charge in [-0.05, 0) is 44.0 Å². The number of carbonyl (C=O) groups excluding carboxylic acids is 1. The van der Waals surface area contributed by atoms with Crippen molar-refractivity contribution in [1.29, 1.82) is 0 Å². The van der Waals surface area contributed by atoms with Crippen molar-refractivity contribution in [2.75, 3.05) is 19.6 Å². The number of piperidine rings is 1. The van der Waals surface area contributed by atoms with Crippen molar-refractivity contribution in [3.8, 4) is 0 Å². The van der Waals surface area contributed by atoms with E-state index in [0.717, 1.165) is 39.0 Å². The fourth-order valence-corrected chi connectivity index (χ4v) is 2.87. The molecule has 1 fully saturated rings. The molecule has 1 N–H and O–H groups in total. The summed E-state index contributed by atoms with van der Waals surface area (Å²) in [4.78, 5) is 14.3. The molecule has 3 rings (SSSR count). The third-order valence-corrected chi connectivity index (χ3v) is 4.35. The number of nitrogens with one attached hydrogen (secondary N) is 1. The summed E-state index contributed by atoms with van der Waals surface area (Å²) in [5, 5.41) is 7.20. The monoisotopic (exact) mass is 302 g/mol. The van der Waals surface area contributed by atoms with E-state index in [0.29, 0.717) is 11.5 Å². The normalized spacial score (nSPS) is 16.8. The van der Waals surface area contributed by atoms with Crippen LogP contribution in [0.1, 0.15) is 28.9 Å². The first kappa shape index (κ1) is 14.8. The molecule has 22 heavy (non-hydrogen) atoms. The van der Waals surface area contributed by atoms with E-state index >= 15 is 0 Å². The second kappa shape index (κ2) is 6.79. The van der Waals surface area contributed by atoms with E-state index in [9.17, 15) is 4.79 Å². The maximum atomic E-state index is 11.9. The molecule has 118 valence electrons. The molecule has 0 saturated carbocycles. The molecule has 6 heteroatoms. The maximum Gasteiger partial charge on any atom is 0.254 e. The fourth-order valence-electron chi connectivity index (χ4n) is 2.87. The Kier molecular flexibility index (Phi) is 4.58. The predicted octanol–water partition coefficient (Wildman–Crippen LogP) is 1.66. The zero-order valence-corrected chi connectivity index (χ0v) is 12.9. The molecule has 0 aromatic carbocycles. The molecule has 0 radical (unpaired) electrons. The number of aryl methyl sites for hydroxylation is 1. The highest BCUT2D eigenvalue weighted by Gasteiger charge is 2.20. The Morgan fingerprint density at radius 1 is 1.41 bits per heavy atom. The lowest BCUT2D eigenvalue weighted by molar-refractivity contribution is 0.0934. The first-order chi connectivity index (χ1) is 10.7. The van der Waals surface area contributed by atoms with Gasteiger partial charge >= 0.3 is 0 Å². The molecule has 3 heterocycles. The quantitative estimate of drug-likeness (QED) is 0.912. The van der Waals surface area contributed by atoms with Gasteiger partial charge in [0, 0.05) is 26.3 Å². The molecular formula is C16H22N4O2. The minimum absolute atomic E-state index is 0.0499. The molecule has 0 aliphatic carbocycles. The van der Waals surface area contributed by atoms with Crippen LogP contribution in [0.5, 0.6) is 0 Å². The summed E-state index contributed by atoms with van der Waals surface area (Å²) in [6.45, 7) is 3.82. The second-order valence-corrected chi connectivity index (χ2v) is 5.89. The highest BCUT2D eigenvalue weighted by Crippen LogP contribution is 2.18. The lowest BCUT2D eigenvalue weighted by Crippen LogP contribution is -2.38. The van der Waals surface area contributed by atoms with Crippen molar-refractivity contribution in [3.63, 3.8) is 0 Å². The van der Waals surface area contributed by atoms with Crippen LogP contribution in [0.4, 0.5) is 0 Å². The number of nitrogens with zero attached hydrogens (tertiary/aromatic N) is 3. The highest BCUT2D eigenvalue weighted by atomic mass is 16.3. The second-order valence-electron chi connectivity index (χ2n) is 5.89.